The highest BCUT2D eigenvalue weighted by Crippen LogP contribution is 2.32. The number of benzene rings is 2. The molecule has 0 aliphatic carbocycles. The minimum atomic E-state index is -4.28. The van der Waals surface area contributed by atoms with Crippen molar-refractivity contribution >= 4 is 20.9 Å². The second-order valence-electron chi connectivity index (χ2n) is 8.82. The highest BCUT2D eigenvalue weighted by Gasteiger charge is 2.22. The van der Waals surface area contributed by atoms with Crippen LogP contribution in [-0.4, -0.2) is 13.0 Å². The van der Waals surface area contributed by atoms with E-state index in [1.54, 1.807) is 6.07 Å². The van der Waals surface area contributed by atoms with E-state index in [1.807, 2.05) is 18.2 Å². The Balaban J connectivity index is 2.41. The molecule has 0 fully saturated rings. The predicted octanol–water partition coefficient (Wildman–Crippen LogP) is 6.82. The zero-order chi connectivity index (χ0) is 20.7. The summed E-state index contributed by atoms with van der Waals surface area (Å²) in [6.45, 7) is 8.87. The Morgan fingerprint density at radius 2 is 1.43 bits per heavy atom. The van der Waals surface area contributed by atoms with E-state index in [4.69, 9.17) is 0 Å². The first kappa shape index (κ1) is 22.9. The third-order valence-corrected chi connectivity index (χ3v) is 6.37. The molecule has 1 N–H and O–H groups in total. The van der Waals surface area contributed by atoms with Crippen molar-refractivity contribution in [3.63, 3.8) is 0 Å². The van der Waals surface area contributed by atoms with Gasteiger partial charge in [0.1, 0.15) is 4.90 Å². The van der Waals surface area contributed by atoms with E-state index in [-0.39, 0.29) is 4.90 Å². The fourth-order valence-electron chi connectivity index (χ4n) is 3.93. The molecule has 0 saturated heterocycles. The largest absolute Gasteiger partial charge is 0.295 e. The summed E-state index contributed by atoms with van der Waals surface area (Å²) in [6.07, 6.45) is 8.08. The second-order valence-corrected chi connectivity index (χ2v) is 10.2. The lowest BCUT2D eigenvalue weighted by Crippen LogP contribution is -2.08. The van der Waals surface area contributed by atoms with Gasteiger partial charge >= 0.3 is 0 Å². The van der Waals surface area contributed by atoms with Gasteiger partial charge in [0.25, 0.3) is 10.1 Å². The number of hydrogen-bond acceptors (Lipinski definition) is 2. The molecule has 0 aromatic heterocycles. The van der Waals surface area contributed by atoms with Crippen LogP contribution in [0.3, 0.4) is 0 Å². The highest BCUT2D eigenvalue weighted by atomic mass is 32.2. The maximum Gasteiger partial charge on any atom is 0.295 e. The van der Waals surface area contributed by atoms with E-state index < -0.39 is 10.1 Å². The summed E-state index contributed by atoms with van der Waals surface area (Å²) in [6, 6.07) is 9.63. The fourth-order valence-corrected chi connectivity index (χ4v) is 4.94. The van der Waals surface area contributed by atoms with Gasteiger partial charge in [0.05, 0.1) is 0 Å². The monoisotopic (exact) mass is 404 g/mol. The van der Waals surface area contributed by atoms with Crippen molar-refractivity contribution in [3.05, 3.63) is 41.5 Å². The van der Waals surface area contributed by atoms with E-state index in [9.17, 15) is 13.0 Å². The summed E-state index contributed by atoms with van der Waals surface area (Å²) in [4.78, 5) is 0.133. The number of unbranched alkanes of at least 4 members (excludes halogenated alkanes) is 2. The van der Waals surface area contributed by atoms with E-state index in [1.165, 1.54) is 6.42 Å². The van der Waals surface area contributed by atoms with Crippen molar-refractivity contribution in [2.75, 3.05) is 0 Å². The van der Waals surface area contributed by atoms with Gasteiger partial charge in [0, 0.05) is 5.39 Å². The van der Waals surface area contributed by atoms with Crippen LogP contribution in [0.25, 0.3) is 10.8 Å². The van der Waals surface area contributed by atoms with Crippen molar-refractivity contribution in [2.24, 2.45) is 11.8 Å². The van der Waals surface area contributed by atoms with Crippen LogP contribution in [0.15, 0.2) is 35.2 Å². The second kappa shape index (κ2) is 10.4. The number of fused-ring (bicyclic) bond motifs is 1. The van der Waals surface area contributed by atoms with Gasteiger partial charge in [-0.2, -0.15) is 8.42 Å². The lowest BCUT2D eigenvalue weighted by Gasteiger charge is -2.17. The average Bonchev–Trinajstić information content (AvgIpc) is 2.60. The van der Waals surface area contributed by atoms with Crippen LogP contribution >= 0.6 is 0 Å². The van der Waals surface area contributed by atoms with Gasteiger partial charge in [0.2, 0.25) is 0 Å². The summed E-state index contributed by atoms with van der Waals surface area (Å²) in [5.74, 6) is 1.33. The van der Waals surface area contributed by atoms with Crippen molar-refractivity contribution in [2.45, 2.75) is 84.0 Å². The molecule has 0 bridgehead atoms. The van der Waals surface area contributed by atoms with Crippen LogP contribution in [0, 0.1) is 11.8 Å². The Morgan fingerprint density at radius 1 is 0.857 bits per heavy atom. The molecule has 0 saturated carbocycles. The molecule has 0 unspecified atom stereocenters. The Bertz CT molecular complexity index is 867. The van der Waals surface area contributed by atoms with Gasteiger partial charge < -0.3 is 0 Å². The normalized spacial score (nSPS) is 12.4. The van der Waals surface area contributed by atoms with Crippen LogP contribution in [0.4, 0.5) is 0 Å². The van der Waals surface area contributed by atoms with E-state index in [0.29, 0.717) is 23.6 Å². The first-order valence-corrected chi connectivity index (χ1v) is 12.1. The standard InChI is InChI=1S/C24H36O3S/c1-18(2)11-5-7-13-20-17-21-14-8-10-16-23(21)24(28(25,26)27)22(20)15-9-6-12-19(3)4/h8,10,14,16-19H,5-7,9,11-13,15H2,1-4H3,(H,25,26,27). The lowest BCUT2D eigenvalue weighted by atomic mass is 9.92. The van der Waals surface area contributed by atoms with E-state index >= 15 is 0 Å². The number of hydrogen-bond donors (Lipinski definition) is 1. The Kier molecular flexibility index (Phi) is 8.51. The van der Waals surface area contributed by atoms with Gasteiger partial charge in [-0.25, -0.2) is 0 Å². The van der Waals surface area contributed by atoms with Crippen molar-refractivity contribution in [1.29, 1.82) is 0 Å². The summed E-state index contributed by atoms with van der Waals surface area (Å²) in [5.41, 5.74) is 1.91. The molecule has 0 aliphatic rings. The third-order valence-electron chi connectivity index (χ3n) is 5.39. The Morgan fingerprint density at radius 3 is 2.00 bits per heavy atom. The molecule has 0 atom stereocenters. The molecule has 2 aromatic rings. The van der Waals surface area contributed by atoms with Crippen LogP contribution in [0.1, 0.15) is 77.3 Å². The van der Waals surface area contributed by atoms with E-state index in [2.05, 4.69) is 33.8 Å². The van der Waals surface area contributed by atoms with Crippen molar-refractivity contribution in [1.82, 2.24) is 0 Å². The van der Waals surface area contributed by atoms with Gasteiger partial charge in [-0.15, -0.1) is 0 Å². The molecule has 0 amide bonds. The molecule has 28 heavy (non-hydrogen) atoms. The number of rotatable bonds is 11. The van der Waals surface area contributed by atoms with Crippen LogP contribution < -0.4 is 0 Å². The molecule has 4 heteroatoms. The molecular formula is C24H36O3S. The minimum Gasteiger partial charge on any atom is -0.282 e. The summed E-state index contributed by atoms with van der Waals surface area (Å²) >= 11 is 0. The molecule has 0 heterocycles. The molecule has 2 rings (SSSR count). The molecule has 0 radical (unpaired) electrons. The van der Waals surface area contributed by atoms with Crippen LogP contribution in [0.5, 0.6) is 0 Å². The fraction of sp³-hybridized carbons (Fsp3) is 0.583. The van der Waals surface area contributed by atoms with Crippen molar-refractivity contribution < 1.29 is 13.0 Å². The molecule has 0 spiro atoms. The minimum absolute atomic E-state index is 0.133. The molecule has 0 aliphatic heterocycles. The maximum atomic E-state index is 12.3. The van der Waals surface area contributed by atoms with Gasteiger partial charge in [-0.1, -0.05) is 83.7 Å². The lowest BCUT2D eigenvalue weighted by molar-refractivity contribution is 0.482. The smallest absolute Gasteiger partial charge is 0.282 e. The zero-order valence-electron chi connectivity index (χ0n) is 17.9. The molecule has 2 aromatic carbocycles. The Labute approximate surface area is 171 Å². The Hall–Kier alpha value is -1.39. The highest BCUT2D eigenvalue weighted by molar-refractivity contribution is 7.86. The van der Waals surface area contributed by atoms with Gasteiger partial charge in [-0.3, -0.25) is 4.55 Å². The molecule has 156 valence electrons. The van der Waals surface area contributed by atoms with Crippen LogP contribution in [-0.2, 0) is 23.0 Å². The predicted molar refractivity (Wildman–Crippen MR) is 119 cm³/mol. The third kappa shape index (κ3) is 6.59. The summed E-state index contributed by atoms with van der Waals surface area (Å²) < 4.78 is 34.7. The SMILES string of the molecule is CC(C)CCCCc1cc2ccccc2c(S(=O)(=O)O)c1CCCCC(C)C. The zero-order valence-corrected chi connectivity index (χ0v) is 18.7. The first-order chi connectivity index (χ1) is 13.2. The average molecular weight is 405 g/mol. The maximum absolute atomic E-state index is 12.3. The van der Waals surface area contributed by atoms with Crippen LogP contribution in [0.2, 0.25) is 0 Å². The van der Waals surface area contributed by atoms with Crippen molar-refractivity contribution in [3.8, 4) is 0 Å². The topological polar surface area (TPSA) is 54.4 Å². The van der Waals surface area contributed by atoms with Gasteiger partial charge in [-0.05, 0) is 54.0 Å². The quantitative estimate of drug-likeness (QED) is 0.330. The first-order valence-electron chi connectivity index (χ1n) is 10.7. The van der Waals surface area contributed by atoms with Gasteiger partial charge in [0.15, 0.2) is 0 Å². The summed E-state index contributed by atoms with van der Waals surface area (Å²) in [5, 5.41) is 1.52. The molecular weight excluding hydrogens is 368 g/mol. The summed E-state index contributed by atoms with van der Waals surface area (Å²) in [7, 11) is -4.28. The van der Waals surface area contributed by atoms with E-state index in [0.717, 1.165) is 55.0 Å². The number of aryl methyl sites for hydroxylation is 1. The molecule has 3 nitrogen and oxygen atoms in total.